The molecule has 0 aliphatic carbocycles. The number of nitrogens with zero attached hydrogens (tertiary/aromatic N) is 1. The molecule has 3 aromatic carbocycles. The van der Waals surface area contributed by atoms with E-state index in [2.05, 4.69) is 5.32 Å². The zero-order chi connectivity index (χ0) is 21.6. The summed E-state index contributed by atoms with van der Waals surface area (Å²) in [7, 11) is -3.60. The van der Waals surface area contributed by atoms with Gasteiger partial charge in [0.1, 0.15) is 5.75 Å². The third-order valence-corrected chi connectivity index (χ3v) is 5.61. The molecule has 30 heavy (non-hydrogen) atoms. The molecule has 0 heterocycles. The third kappa shape index (κ3) is 6.32. The van der Waals surface area contributed by atoms with E-state index >= 15 is 0 Å². The van der Waals surface area contributed by atoms with E-state index in [-0.39, 0.29) is 13.1 Å². The Bertz CT molecular complexity index is 1110. The maximum atomic E-state index is 12.7. The van der Waals surface area contributed by atoms with Crippen molar-refractivity contribution in [3.05, 3.63) is 89.4 Å². The first-order valence-electron chi connectivity index (χ1n) is 9.12. The standard InChI is InChI=1S/C22H21ClN2O4S/c1-30(27,28)25(15-17-8-4-2-5-9-17)16-22(26)24-20-14-18(23)12-13-21(20)29-19-10-6-3-7-11-19/h2-14H,15-16H2,1H3,(H,24,26). The number of amides is 1. The number of ether oxygens (including phenoxy) is 1. The van der Waals surface area contributed by atoms with E-state index < -0.39 is 15.9 Å². The van der Waals surface area contributed by atoms with Gasteiger partial charge in [-0.1, -0.05) is 60.1 Å². The Morgan fingerprint density at radius 3 is 2.27 bits per heavy atom. The van der Waals surface area contributed by atoms with Crippen molar-refractivity contribution in [1.82, 2.24) is 4.31 Å². The SMILES string of the molecule is CS(=O)(=O)N(CC(=O)Nc1cc(Cl)ccc1Oc1ccccc1)Cc1ccccc1. The second-order valence-electron chi connectivity index (χ2n) is 6.62. The number of nitrogens with one attached hydrogen (secondary N) is 1. The lowest BCUT2D eigenvalue weighted by molar-refractivity contribution is -0.116. The Balaban J connectivity index is 1.76. The monoisotopic (exact) mass is 444 g/mol. The number of hydrogen-bond acceptors (Lipinski definition) is 4. The maximum Gasteiger partial charge on any atom is 0.239 e. The lowest BCUT2D eigenvalue weighted by Gasteiger charge is -2.20. The zero-order valence-electron chi connectivity index (χ0n) is 16.3. The van der Waals surface area contributed by atoms with E-state index in [4.69, 9.17) is 16.3 Å². The van der Waals surface area contributed by atoms with Crippen LogP contribution in [0.1, 0.15) is 5.56 Å². The van der Waals surface area contributed by atoms with E-state index in [1.165, 1.54) is 0 Å². The van der Waals surface area contributed by atoms with Crippen molar-refractivity contribution in [1.29, 1.82) is 0 Å². The van der Waals surface area contributed by atoms with Crippen LogP contribution in [0.4, 0.5) is 5.69 Å². The summed E-state index contributed by atoms with van der Waals surface area (Å²) in [5, 5.41) is 3.12. The predicted octanol–water partition coefficient (Wildman–Crippen LogP) is 4.53. The van der Waals surface area contributed by atoms with Crippen LogP contribution in [0.5, 0.6) is 11.5 Å². The van der Waals surface area contributed by atoms with E-state index in [0.717, 1.165) is 16.1 Å². The summed E-state index contributed by atoms with van der Waals surface area (Å²) >= 11 is 6.08. The van der Waals surface area contributed by atoms with E-state index in [1.807, 2.05) is 36.4 Å². The number of rotatable bonds is 8. The second kappa shape index (κ2) is 9.75. The number of sulfonamides is 1. The number of para-hydroxylation sites is 1. The topological polar surface area (TPSA) is 75.7 Å². The third-order valence-electron chi connectivity index (χ3n) is 4.18. The van der Waals surface area contributed by atoms with Crippen molar-refractivity contribution < 1.29 is 17.9 Å². The van der Waals surface area contributed by atoms with Crippen molar-refractivity contribution in [2.75, 3.05) is 18.1 Å². The summed E-state index contributed by atoms with van der Waals surface area (Å²) in [5.41, 5.74) is 1.14. The minimum Gasteiger partial charge on any atom is -0.455 e. The van der Waals surface area contributed by atoms with Gasteiger partial charge in [-0.3, -0.25) is 4.79 Å². The molecule has 1 amide bonds. The molecule has 3 rings (SSSR count). The van der Waals surface area contributed by atoms with Crippen LogP contribution in [0.25, 0.3) is 0 Å². The van der Waals surface area contributed by atoms with Crippen LogP contribution in [0.3, 0.4) is 0 Å². The van der Waals surface area contributed by atoms with E-state index in [9.17, 15) is 13.2 Å². The van der Waals surface area contributed by atoms with Gasteiger partial charge >= 0.3 is 0 Å². The van der Waals surface area contributed by atoms with Crippen LogP contribution in [0.2, 0.25) is 5.02 Å². The maximum absolute atomic E-state index is 12.7. The molecule has 156 valence electrons. The molecule has 0 aliphatic rings. The van der Waals surface area contributed by atoms with Crippen molar-refractivity contribution >= 4 is 33.2 Å². The fourth-order valence-corrected chi connectivity index (χ4v) is 3.64. The van der Waals surface area contributed by atoms with Crippen LogP contribution in [0.15, 0.2) is 78.9 Å². The minimum atomic E-state index is -3.60. The fourth-order valence-electron chi connectivity index (χ4n) is 2.73. The number of halogens is 1. The number of benzene rings is 3. The number of hydrogen-bond donors (Lipinski definition) is 1. The molecule has 0 aliphatic heterocycles. The Morgan fingerprint density at radius 1 is 1.00 bits per heavy atom. The van der Waals surface area contributed by atoms with Crippen molar-refractivity contribution in [3.8, 4) is 11.5 Å². The molecule has 0 bridgehead atoms. The largest absolute Gasteiger partial charge is 0.455 e. The van der Waals surface area contributed by atoms with Gasteiger partial charge in [-0.15, -0.1) is 0 Å². The van der Waals surface area contributed by atoms with Gasteiger partial charge in [0.05, 0.1) is 18.5 Å². The van der Waals surface area contributed by atoms with Gasteiger partial charge in [-0.25, -0.2) is 8.42 Å². The number of carbonyl (C=O) groups is 1. The molecule has 0 atom stereocenters. The Labute approximate surface area is 181 Å². The normalized spacial score (nSPS) is 11.3. The fraction of sp³-hybridized carbons (Fsp3) is 0.136. The first-order valence-corrected chi connectivity index (χ1v) is 11.4. The average Bonchev–Trinajstić information content (AvgIpc) is 2.70. The average molecular weight is 445 g/mol. The van der Waals surface area contributed by atoms with Gasteiger partial charge in [-0.05, 0) is 35.9 Å². The summed E-state index contributed by atoms with van der Waals surface area (Å²) in [4.78, 5) is 12.7. The van der Waals surface area contributed by atoms with Crippen molar-refractivity contribution in [3.63, 3.8) is 0 Å². The highest BCUT2D eigenvalue weighted by Crippen LogP contribution is 2.32. The molecule has 0 saturated heterocycles. The first kappa shape index (κ1) is 21.8. The lowest BCUT2D eigenvalue weighted by atomic mass is 10.2. The Morgan fingerprint density at radius 2 is 1.63 bits per heavy atom. The van der Waals surface area contributed by atoms with E-state index in [1.54, 1.807) is 42.5 Å². The minimum absolute atomic E-state index is 0.0933. The smallest absolute Gasteiger partial charge is 0.239 e. The molecule has 6 nitrogen and oxygen atoms in total. The van der Waals surface area contributed by atoms with Crippen LogP contribution in [-0.2, 0) is 21.4 Å². The summed E-state index contributed by atoms with van der Waals surface area (Å²) in [5.74, 6) is 0.488. The quantitative estimate of drug-likeness (QED) is 0.553. The molecule has 0 saturated carbocycles. The first-order chi connectivity index (χ1) is 14.3. The molecular weight excluding hydrogens is 424 g/mol. The molecule has 0 spiro atoms. The van der Waals surface area contributed by atoms with E-state index in [0.29, 0.717) is 22.2 Å². The van der Waals surface area contributed by atoms with Crippen LogP contribution in [-0.4, -0.2) is 31.4 Å². The zero-order valence-corrected chi connectivity index (χ0v) is 17.9. The van der Waals surface area contributed by atoms with Gasteiger partial charge in [0.25, 0.3) is 0 Å². The Hall–Kier alpha value is -2.87. The molecule has 0 aromatic heterocycles. The molecule has 0 fully saturated rings. The van der Waals surface area contributed by atoms with Gasteiger partial charge in [-0.2, -0.15) is 4.31 Å². The van der Waals surface area contributed by atoms with Crippen molar-refractivity contribution in [2.45, 2.75) is 6.54 Å². The van der Waals surface area contributed by atoms with Gasteiger partial charge in [0.15, 0.2) is 5.75 Å². The molecule has 0 unspecified atom stereocenters. The molecule has 0 radical (unpaired) electrons. The summed E-state index contributed by atoms with van der Waals surface area (Å²) < 4.78 is 31.3. The molecule has 8 heteroatoms. The van der Waals surface area contributed by atoms with Crippen LogP contribution >= 0.6 is 11.6 Å². The van der Waals surface area contributed by atoms with Gasteiger partial charge in [0, 0.05) is 11.6 Å². The van der Waals surface area contributed by atoms with Crippen molar-refractivity contribution in [2.24, 2.45) is 0 Å². The predicted molar refractivity (Wildman–Crippen MR) is 118 cm³/mol. The number of anilines is 1. The number of carbonyl (C=O) groups excluding carboxylic acids is 1. The molecular formula is C22H21ClN2O4S. The van der Waals surface area contributed by atoms with Gasteiger partial charge in [0.2, 0.25) is 15.9 Å². The molecule has 3 aromatic rings. The summed E-state index contributed by atoms with van der Waals surface area (Å²) in [6.07, 6.45) is 1.08. The second-order valence-corrected chi connectivity index (χ2v) is 9.04. The Kier molecular flexibility index (Phi) is 7.10. The van der Waals surface area contributed by atoms with Crippen LogP contribution in [0, 0.1) is 0 Å². The molecule has 1 N–H and O–H groups in total. The highest BCUT2D eigenvalue weighted by atomic mass is 35.5. The lowest BCUT2D eigenvalue weighted by Crippen LogP contribution is -2.36. The highest BCUT2D eigenvalue weighted by Gasteiger charge is 2.21. The highest BCUT2D eigenvalue weighted by molar-refractivity contribution is 7.88. The van der Waals surface area contributed by atoms with Crippen LogP contribution < -0.4 is 10.1 Å². The van der Waals surface area contributed by atoms with Gasteiger partial charge < -0.3 is 10.1 Å². The summed E-state index contributed by atoms with van der Waals surface area (Å²) in [6, 6.07) is 23.0. The summed E-state index contributed by atoms with van der Waals surface area (Å²) in [6.45, 7) is -0.249.